The normalized spacial score (nSPS) is 13.4. The lowest BCUT2D eigenvalue weighted by Crippen LogP contribution is -2.16. The molecule has 0 spiro atoms. The number of para-hydroxylation sites is 1. The van der Waals surface area contributed by atoms with Crippen LogP contribution in [0.2, 0.25) is 0 Å². The van der Waals surface area contributed by atoms with Gasteiger partial charge in [0.2, 0.25) is 0 Å². The molecule has 3 nitrogen and oxygen atoms in total. The van der Waals surface area contributed by atoms with Crippen LogP contribution >= 0.6 is 11.3 Å². The standard InChI is InChI=1S/C98H91N3S/c1-93(2,3)65-37-59(38-66(51-65)94(4,5)6)62-45-74(58-35-36-84-75(44-58)72-31-22-24-33-83(72)99(84)71-30-26-29-57(43-71)56-27-20-19-21-28-56)88-80(48-62)81-49-63(60-39-67(95(7,8)9)52-68(40-60)96(10,11)12)46-78-76-54-77-79-47-64(61-41-69(97(13,14)15)53-70(42-61)98(16,17)18)50-82-90(79)101(86(77)55-85(76)100(88)89(78)81)91-73-32-23-25-34-87(73)102-92(82)91/h19-55H,1-18H3. The number of nitrogens with zero attached hydrogens (tertiary/aromatic N) is 3. The molecule has 0 aliphatic heterocycles. The summed E-state index contributed by atoms with van der Waals surface area (Å²) in [6.07, 6.45) is 0. The summed E-state index contributed by atoms with van der Waals surface area (Å²) in [7, 11) is 0. The van der Waals surface area contributed by atoms with Crippen LogP contribution < -0.4 is 0 Å². The van der Waals surface area contributed by atoms with E-state index in [0.29, 0.717) is 0 Å². The van der Waals surface area contributed by atoms with Crippen molar-refractivity contribution in [1.82, 2.24) is 13.4 Å². The highest BCUT2D eigenvalue weighted by Gasteiger charge is 2.31. The second-order valence-corrected chi connectivity index (χ2v) is 37.0. The van der Waals surface area contributed by atoms with E-state index in [4.69, 9.17) is 0 Å². The van der Waals surface area contributed by atoms with E-state index in [1.54, 1.807) is 0 Å². The van der Waals surface area contributed by atoms with E-state index in [1.807, 2.05) is 11.3 Å². The molecule has 0 aliphatic carbocycles. The molecule has 0 radical (unpaired) electrons. The van der Waals surface area contributed by atoms with Gasteiger partial charge in [-0.2, -0.15) is 0 Å². The third-order valence-electron chi connectivity index (χ3n) is 22.7. The van der Waals surface area contributed by atoms with Crippen molar-refractivity contribution in [1.29, 1.82) is 0 Å². The zero-order valence-corrected chi connectivity index (χ0v) is 63.4. The molecule has 504 valence electrons. The highest BCUT2D eigenvalue weighted by molar-refractivity contribution is 7.26. The number of thiophene rings is 1. The van der Waals surface area contributed by atoms with Gasteiger partial charge in [0.1, 0.15) is 0 Å². The third-order valence-corrected chi connectivity index (χ3v) is 23.9. The quantitative estimate of drug-likeness (QED) is 0.158. The first-order chi connectivity index (χ1) is 48.3. The second kappa shape index (κ2) is 21.8. The molecule has 18 aromatic rings. The van der Waals surface area contributed by atoms with Gasteiger partial charge in [-0.05, 0) is 201 Å². The van der Waals surface area contributed by atoms with E-state index in [-0.39, 0.29) is 32.5 Å². The Balaban J connectivity index is 1.00. The van der Waals surface area contributed by atoms with Crippen LogP contribution in [0.25, 0.3) is 169 Å². The fraction of sp³-hybridized carbons (Fsp3) is 0.245. The maximum Gasteiger partial charge on any atom is 0.0728 e. The van der Waals surface area contributed by atoms with Crippen LogP contribution in [0.1, 0.15) is 158 Å². The van der Waals surface area contributed by atoms with Crippen molar-refractivity contribution in [2.24, 2.45) is 0 Å². The number of hydrogen-bond donors (Lipinski definition) is 0. The van der Waals surface area contributed by atoms with Gasteiger partial charge in [-0.3, -0.25) is 0 Å². The predicted molar refractivity (Wildman–Crippen MR) is 445 cm³/mol. The Morgan fingerprint density at radius 3 is 1.15 bits per heavy atom. The van der Waals surface area contributed by atoms with Crippen molar-refractivity contribution in [2.45, 2.75) is 157 Å². The van der Waals surface area contributed by atoms with E-state index in [2.05, 4.69) is 362 Å². The average molecular weight is 1340 g/mol. The molecule has 0 atom stereocenters. The van der Waals surface area contributed by atoms with Crippen molar-refractivity contribution < 1.29 is 0 Å². The fourth-order valence-electron chi connectivity index (χ4n) is 16.7. The molecule has 0 amide bonds. The van der Waals surface area contributed by atoms with Gasteiger partial charge >= 0.3 is 0 Å². The Morgan fingerprint density at radius 2 is 0.618 bits per heavy atom. The second-order valence-electron chi connectivity index (χ2n) is 36.0. The molecule has 0 aliphatic rings. The van der Waals surface area contributed by atoms with E-state index < -0.39 is 0 Å². The van der Waals surface area contributed by atoms with E-state index in [1.165, 1.54) is 196 Å². The molecular formula is C98H91N3S. The van der Waals surface area contributed by atoms with Gasteiger partial charge in [0.25, 0.3) is 0 Å². The molecular weight excluding hydrogens is 1250 g/mol. The highest BCUT2D eigenvalue weighted by Crippen LogP contribution is 2.53. The Morgan fingerprint density at radius 1 is 0.225 bits per heavy atom. The van der Waals surface area contributed by atoms with Crippen molar-refractivity contribution >= 4 is 119 Å². The molecule has 0 N–H and O–H groups in total. The topological polar surface area (TPSA) is 13.8 Å². The summed E-state index contributed by atoms with van der Waals surface area (Å²) in [5.41, 5.74) is 31.0. The summed E-state index contributed by atoms with van der Waals surface area (Å²) < 4.78 is 10.5. The monoisotopic (exact) mass is 1340 g/mol. The fourth-order valence-corrected chi connectivity index (χ4v) is 17.9. The molecule has 0 saturated heterocycles. The molecule has 4 heteroatoms. The van der Waals surface area contributed by atoms with Crippen LogP contribution in [0.4, 0.5) is 0 Å². The van der Waals surface area contributed by atoms with Crippen molar-refractivity contribution in [2.75, 3.05) is 0 Å². The zero-order chi connectivity index (χ0) is 71.0. The molecule has 6 heterocycles. The van der Waals surface area contributed by atoms with Crippen LogP contribution in [-0.4, -0.2) is 13.4 Å². The van der Waals surface area contributed by atoms with Crippen molar-refractivity contribution in [3.63, 3.8) is 0 Å². The van der Waals surface area contributed by atoms with Gasteiger partial charge in [-0.25, -0.2) is 0 Å². The van der Waals surface area contributed by atoms with Crippen LogP contribution in [-0.2, 0) is 32.5 Å². The van der Waals surface area contributed by atoms with Gasteiger partial charge < -0.3 is 13.4 Å². The minimum Gasteiger partial charge on any atom is -0.309 e. The molecule has 0 bridgehead atoms. The number of fused-ring (bicyclic) bond motifs is 17. The lowest BCUT2D eigenvalue weighted by molar-refractivity contribution is 0.568. The van der Waals surface area contributed by atoms with Gasteiger partial charge in [0.05, 0.1) is 48.8 Å². The minimum atomic E-state index is -0.0819. The summed E-state index contributed by atoms with van der Waals surface area (Å²) in [5, 5.41) is 12.7. The van der Waals surface area contributed by atoms with E-state index in [0.717, 1.165) is 5.69 Å². The molecule has 0 unspecified atom stereocenters. The Bertz CT molecular complexity index is 6430. The maximum absolute atomic E-state index is 2.71. The van der Waals surface area contributed by atoms with Gasteiger partial charge in [-0.1, -0.05) is 264 Å². The van der Waals surface area contributed by atoms with E-state index >= 15 is 0 Å². The predicted octanol–water partition coefficient (Wildman–Crippen LogP) is 28.4. The molecule has 0 saturated carbocycles. The van der Waals surface area contributed by atoms with Gasteiger partial charge in [0.15, 0.2) is 0 Å². The first-order valence-corrected chi connectivity index (χ1v) is 37.7. The van der Waals surface area contributed by atoms with Crippen LogP contribution in [0.5, 0.6) is 0 Å². The number of benzene rings is 12. The molecule has 0 fully saturated rings. The van der Waals surface area contributed by atoms with Gasteiger partial charge in [-0.15, -0.1) is 11.3 Å². The lowest BCUT2D eigenvalue weighted by atomic mass is 9.78. The Kier molecular flexibility index (Phi) is 13.7. The SMILES string of the molecule is CC(C)(C)c1cc(-c2cc(-c3ccc4c(c3)c3ccccc3n4-c3cccc(-c4ccccc4)c3)c3c(c2)c2cc(-c4cc(C(C)(C)C)cc(C(C)(C)C)c4)cc4c5cc6c7cc(-c8cc(C(C)(C)C)cc(C(C)(C)C)c8)cc8c9sc%10ccccc%10c9n(c6cc5n3c42)c78)cc(C(C)(C)C)c1. The van der Waals surface area contributed by atoms with Crippen LogP contribution in [0.15, 0.2) is 224 Å². The highest BCUT2D eigenvalue weighted by atomic mass is 32.1. The van der Waals surface area contributed by atoms with Crippen LogP contribution in [0.3, 0.4) is 0 Å². The summed E-state index contributed by atoms with van der Waals surface area (Å²) >= 11 is 1.94. The summed E-state index contributed by atoms with van der Waals surface area (Å²) in [5.74, 6) is 0. The van der Waals surface area contributed by atoms with E-state index in [9.17, 15) is 0 Å². The molecule has 12 aromatic carbocycles. The molecule has 102 heavy (non-hydrogen) atoms. The first-order valence-electron chi connectivity index (χ1n) is 36.9. The lowest BCUT2D eigenvalue weighted by Gasteiger charge is -2.26. The number of rotatable bonds is 6. The minimum absolute atomic E-state index is 0.0348. The third kappa shape index (κ3) is 10.0. The summed E-state index contributed by atoms with van der Waals surface area (Å²) in [6, 6.07) is 88.3. The largest absolute Gasteiger partial charge is 0.309 e. The molecule has 6 aromatic heterocycles. The Labute approximate surface area is 604 Å². The summed E-state index contributed by atoms with van der Waals surface area (Å²) in [6.45, 7) is 42.5. The van der Waals surface area contributed by atoms with Crippen molar-refractivity contribution in [3.8, 4) is 61.3 Å². The Hall–Kier alpha value is -10.0. The molecule has 18 rings (SSSR count). The van der Waals surface area contributed by atoms with Gasteiger partial charge in [0, 0.05) is 69.8 Å². The maximum atomic E-state index is 2.71. The van der Waals surface area contributed by atoms with Crippen LogP contribution in [0, 0.1) is 0 Å². The summed E-state index contributed by atoms with van der Waals surface area (Å²) in [4.78, 5) is 0. The number of hydrogen-bond acceptors (Lipinski definition) is 1. The zero-order valence-electron chi connectivity index (χ0n) is 62.6. The smallest absolute Gasteiger partial charge is 0.0728 e. The number of aromatic nitrogens is 3. The average Bonchev–Trinajstić information content (AvgIpc) is 1.51. The van der Waals surface area contributed by atoms with Crippen molar-refractivity contribution in [3.05, 3.63) is 258 Å². The first kappa shape index (κ1) is 64.1.